The van der Waals surface area contributed by atoms with Crippen molar-refractivity contribution in [2.75, 3.05) is 31.1 Å². The SMILES string of the molecule is Cc1cc(CN2CCN(c3ncc([C@]4(C)C=C(F)C=CC4)s3)[C@H](CC(C)C)C2)cc(OCC(=O)O)c1. The number of rotatable bonds is 9. The molecule has 0 spiro atoms. The third-order valence-corrected chi connectivity index (χ3v) is 8.08. The molecule has 1 aliphatic carbocycles. The van der Waals surface area contributed by atoms with Crippen molar-refractivity contribution in [1.82, 2.24) is 9.88 Å². The number of carbonyl (C=O) groups is 1. The Morgan fingerprint density at radius 3 is 2.86 bits per heavy atom. The predicted octanol–water partition coefficient (Wildman–Crippen LogP) is 5.72. The van der Waals surface area contributed by atoms with Crippen molar-refractivity contribution in [3.63, 3.8) is 0 Å². The Balaban J connectivity index is 1.48. The highest BCUT2D eigenvalue weighted by Crippen LogP contribution is 2.40. The number of benzene rings is 1. The van der Waals surface area contributed by atoms with Crippen molar-refractivity contribution in [1.29, 1.82) is 0 Å². The second kappa shape index (κ2) is 11.1. The number of piperazine rings is 1. The molecule has 0 radical (unpaired) electrons. The Kier molecular flexibility index (Phi) is 8.15. The number of nitrogens with zero attached hydrogens (tertiary/aromatic N) is 3. The number of hydrogen-bond donors (Lipinski definition) is 1. The molecule has 1 aromatic carbocycles. The molecule has 0 bridgehead atoms. The first-order valence-corrected chi connectivity index (χ1v) is 13.4. The lowest BCUT2D eigenvalue weighted by Crippen LogP contribution is -2.53. The van der Waals surface area contributed by atoms with Crippen LogP contribution < -0.4 is 9.64 Å². The van der Waals surface area contributed by atoms with Crippen molar-refractivity contribution < 1.29 is 19.0 Å². The lowest BCUT2D eigenvalue weighted by Gasteiger charge is -2.42. The smallest absolute Gasteiger partial charge is 0.341 e. The molecule has 2 heterocycles. The van der Waals surface area contributed by atoms with Crippen LogP contribution in [0.15, 0.2) is 48.5 Å². The average Bonchev–Trinajstić information content (AvgIpc) is 3.28. The fraction of sp³-hybridized carbons (Fsp3) is 0.500. The van der Waals surface area contributed by atoms with Crippen molar-refractivity contribution in [3.8, 4) is 5.75 Å². The average molecular weight is 514 g/mol. The van der Waals surface area contributed by atoms with Crippen LogP contribution >= 0.6 is 11.3 Å². The molecule has 4 rings (SSSR count). The number of aryl methyl sites for hydroxylation is 1. The van der Waals surface area contributed by atoms with Gasteiger partial charge >= 0.3 is 5.97 Å². The second-order valence-corrected chi connectivity index (χ2v) is 11.6. The van der Waals surface area contributed by atoms with Gasteiger partial charge in [0, 0.05) is 48.7 Å². The van der Waals surface area contributed by atoms with E-state index >= 15 is 0 Å². The summed E-state index contributed by atoms with van der Waals surface area (Å²) in [6, 6.07) is 6.28. The van der Waals surface area contributed by atoms with Gasteiger partial charge in [-0.1, -0.05) is 32.9 Å². The molecule has 1 saturated heterocycles. The molecular formula is C28H36FN3O3S. The lowest BCUT2D eigenvalue weighted by molar-refractivity contribution is -0.139. The highest BCUT2D eigenvalue weighted by molar-refractivity contribution is 7.15. The Bertz CT molecular complexity index is 1140. The number of aliphatic carboxylic acids is 1. The Labute approximate surface area is 217 Å². The van der Waals surface area contributed by atoms with Crippen molar-refractivity contribution >= 4 is 22.4 Å². The van der Waals surface area contributed by atoms with E-state index in [9.17, 15) is 9.18 Å². The Hall–Kier alpha value is -2.71. The van der Waals surface area contributed by atoms with Crippen LogP contribution in [0.25, 0.3) is 0 Å². The van der Waals surface area contributed by atoms with Gasteiger partial charge in [0.05, 0.1) is 0 Å². The number of halogens is 1. The topological polar surface area (TPSA) is 65.9 Å². The highest BCUT2D eigenvalue weighted by Gasteiger charge is 2.33. The molecule has 1 N–H and O–H groups in total. The monoisotopic (exact) mass is 513 g/mol. The maximum atomic E-state index is 14.0. The first-order valence-electron chi connectivity index (χ1n) is 12.6. The summed E-state index contributed by atoms with van der Waals surface area (Å²) in [5.41, 5.74) is 1.82. The van der Waals surface area contributed by atoms with Gasteiger partial charge in [0.1, 0.15) is 11.6 Å². The van der Waals surface area contributed by atoms with Crippen molar-refractivity contribution in [2.24, 2.45) is 5.92 Å². The molecule has 194 valence electrons. The summed E-state index contributed by atoms with van der Waals surface area (Å²) in [7, 11) is 0. The zero-order valence-electron chi connectivity index (χ0n) is 21.5. The first kappa shape index (κ1) is 26.4. The van der Waals surface area contributed by atoms with Gasteiger partial charge in [0.25, 0.3) is 0 Å². The summed E-state index contributed by atoms with van der Waals surface area (Å²) < 4.78 is 19.4. The van der Waals surface area contributed by atoms with Gasteiger partial charge in [-0.3, -0.25) is 4.90 Å². The third kappa shape index (κ3) is 6.53. The summed E-state index contributed by atoms with van der Waals surface area (Å²) >= 11 is 1.68. The summed E-state index contributed by atoms with van der Waals surface area (Å²) in [6.45, 7) is 11.7. The van der Waals surface area contributed by atoms with Crippen LogP contribution in [0, 0.1) is 12.8 Å². The van der Waals surface area contributed by atoms with Crippen LogP contribution in [0.3, 0.4) is 0 Å². The molecule has 0 saturated carbocycles. The molecule has 1 fully saturated rings. The molecule has 1 aliphatic heterocycles. The zero-order valence-corrected chi connectivity index (χ0v) is 22.4. The van der Waals surface area contributed by atoms with E-state index in [0.29, 0.717) is 17.7 Å². The van der Waals surface area contributed by atoms with Crippen LogP contribution in [0.5, 0.6) is 5.75 Å². The largest absolute Gasteiger partial charge is 0.482 e. The van der Waals surface area contributed by atoms with Gasteiger partial charge in [0.15, 0.2) is 11.7 Å². The Morgan fingerprint density at radius 2 is 2.14 bits per heavy atom. The molecule has 8 heteroatoms. The van der Waals surface area contributed by atoms with E-state index in [1.54, 1.807) is 17.4 Å². The van der Waals surface area contributed by atoms with Crippen molar-refractivity contribution in [2.45, 2.75) is 58.5 Å². The molecule has 0 unspecified atom stereocenters. The van der Waals surface area contributed by atoms with Gasteiger partial charge < -0.3 is 14.7 Å². The maximum absolute atomic E-state index is 14.0. The molecule has 2 atom stereocenters. The van der Waals surface area contributed by atoms with E-state index in [4.69, 9.17) is 14.8 Å². The van der Waals surface area contributed by atoms with Crippen molar-refractivity contribution in [3.05, 3.63) is 64.5 Å². The van der Waals surface area contributed by atoms with E-state index < -0.39 is 5.97 Å². The van der Waals surface area contributed by atoms with E-state index in [2.05, 4.69) is 36.6 Å². The molecular weight excluding hydrogens is 477 g/mol. The van der Waals surface area contributed by atoms with Gasteiger partial charge in [-0.05, 0) is 61.1 Å². The number of anilines is 1. The second-order valence-electron chi connectivity index (χ2n) is 10.6. The minimum Gasteiger partial charge on any atom is -0.482 e. The van der Waals surface area contributed by atoms with E-state index in [1.165, 1.54) is 6.08 Å². The lowest BCUT2D eigenvalue weighted by atomic mass is 9.82. The number of thiazole rings is 1. The third-order valence-electron chi connectivity index (χ3n) is 6.77. The number of carboxylic acids is 1. The summed E-state index contributed by atoms with van der Waals surface area (Å²) in [4.78, 5) is 21.7. The number of hydrogen-bond acceptors (Lipinski definition) is 6. The fourth-order valence-corrected chi connectivity index (χ4v) is 6.27. The molecule has 6 nitrogen and oxygen atoms in total. The van der Waals surface area contributed by atoms with Gasteiger partial charge in [-0.2, -0.15) is 0 Å². The van der Waals surface area contributed by atoms with E-state index in [1.807, 2.05) is 31.3 Å². The van der Waals surface area contributed by atoms with Crippen LogP contribution in [0.4, 0.5) is 9.52 Å². The van der Waals surface area contributed by atoms with Gasteiger partial charge in [-0.15, -0.1) is 11.3 Å². The number of carboxylic acid groups (broad SMARTS) is 1. The first-order chi connectivity index (χ1) is 17.1. The number of aromatic nitrogens is 1. The Morgan fingerprint density at radius 1 is 1.33 bits per heavy atom. The normalized spacial score (nSPS) is 22.7. The van der Waals surface area contributed by atoms with Gasteiger partial charge in [-0.25, -0.2) is 14.2 Å². The summed E-state index contributed by atoms with van der Waals surface area (Å²) in [5.74, 6) is -0.0228. The van der Waals surface area contributed by atoms with Crippen LogP contribution in [-0.4, -0.2) is 53.2 Å². The molecule has 1 aromatic heterocycles. The van der Waals surface area contributed by atoms with E-state index in [-0.39, 0.29) is 17.8 Å². The molecule has 36 heavy (non-hydrogen) atoms. The van der Waals surface area contributed by atoms with Crippen LogP contribution in [0.1, 0.15) is 49.6 Å². The summed E-state index contributed by atoms with van der Waals surface area (Å²) in [5, 5.41) is 9.94. The standard InChI is InChI=1S/C28H36FN3O3S/c1-19(2)10-23-17-31(16-21-11-20(3)12-24(13-21)35-18-26(33)34)8-9-32(23)27-30-15-25(36-27)28(4)7-5-6-22(29)14-28/h5-6,11-15,19,23H,7-10,16-18H2,1-4H3,(H,33,34)/t23-,28+/m1/s1. The molecule has 0 amide bonds. The fourth-order valence-electron chi connectivity index (χ4n) is 5.12. The van der Waals surface area contributed by atoms with E-state index in [0.717, 1.165) is 60.2 Å². The predicted molar refractivity (Wildman–Crippen MR) is 143 cm³/mol. The quantitative estimate of drug-likeness (QED) is 0.462. The van der Waals surface area contributed by atoms with Crippen LogP contribution in [0.2, 0.25) is 0 Å². The molecule has 2 aliphatic rings. The number of ether oxygens (including phenoxy) is 1. The minimum absolute atomic E-state index is 0.183. The maximum Gasteiger partial charge on any atom is 0.341 e. The minimum atomic E-state index is -0.980. The summed E-state index contributed by atoms with van der Waals surface area (Å²) in [6.07, 6.45) is 8.91. The molecule has 2 aromatic rings. The van der Waals surface area contributed by atoms with Crippen LogP contribution in [-0.2, 0) is 16.8 Å². The van der Waals surface area contributed by atoms with Gasteiger partial charge in [0.2, 0.25) is 0 Å². The zero-order chi connectivity index (χ0) is 25.9. The number of allylic oxidation sites excluding steroid dienone is 4. The highest BCUT2D eigenvalue weighted by atomic mass is 32.1.